The van der Waals surface area contributed by atoms with Crippen molar-refractivity contribution in [2.24, 2.45) is 0 Å². The van der Waals surface area contributed by atoms with Gasteiger partial charge in [0, 0.05) is 18.0 Å². The Morgan fingerprint density at radius 1 is 0.438 bits per heavy atom. The van der Waals surface area contributed by atoms with Crippen LogP contribution in [0.1, 0.15) is 49.9 Å². The number of rotatable bonds is 1. The van der Waals surface area contributed by atoms with Gasteiger partial charge in [0.05, 0.1) is 0 Å². The van der Waals surface area contributed by atoms with Gasteiger partial charge in [-0.3, -0.25) is 0 Å². The molecule has 0 spiro atoms. The maximum atomic E-state index is 2.43. The lowest BCUT2D eigenvalue weighted by Gasteiger charge is -2.23. The molecule has 2 aliphatic rings. The van der Waals surface area contributed by atoms with Crippen molar-refractivity contribution in [3.8, 4) is 33.4 Å². The van der Waals surface area contributed by atoms with Crippen LogP contribution in [0.25, 0.3) is 33.4 Å². The van der Waals surface area contributed by atoms with Crippen LogP contribution >= 0.6 is 45.2 Å². The van der Waals surface area contributed by atoms with Gasteiger partial charge in [-0.15, -0.1) is 0 Å². The van der Waals surface area contributed by atoms with Crippen LogP contribution in [0.4, 0.5) is 0 Å². The van der Waals surface area contributed by atoms with Gasteiger partial charge in [0.15, 0.2) is 0 Å². The van der Waals surface area contributed by atoms with Crippen molar-refractivity contribution in [1.29, 1.82) is 0 Å². The van der Waals surface area contributed by atoms with Crippen molar-refractivity contribution in [3.63, 3.8) is 0 Å². The highest BCUT2D eigenvalue weighted by Crippen LogP contribution is 2.52. The second kappa shape index (κ2) is 6.92. The van der Waals surface area contributed by atoms with Crippen LogP contribution in [0.5, 0.6) is 0 Å². The Bertz CT molecular complexity index is 1330. The van der Waals surface area contributed by atoms with E-state index in [1.807, 2.05) is 0 Å². The lowest BCUT2D eigenvalue weighted by molar-refractivity contribution is 0.659. The Labute approximate surface area is 217 Å². The third kappa shape index (κ3) is 2.84. The SMILES string of the molecule is CC1(C)c2cc(I)ccc2-c2ccc(-c3ccc4c(c3)C(C)(C)c3cc(I)ccc3-4)cc21. The van der Waals surface area contributed by atoms with E-state index in [9.17, 15) is 0 Å². The van der Waals surface area contributed by atoms with Crippen LogP contribution < -0.4 is 0 Å². The molecule has 0 radical (unpaired) electrons. The second-order valence-corrected chi connectivity index (χ2v) is 12.6. The van der Waals surface area contributed by atoms with Crippen LogP contribution in [-0.2, 0) is 10.8 Å². The van der Waals surface area contributed by atoms with Gasteiger partial charge >= 0.3 is 0 Å². The van der Waals surface area contributed by atoms with Crippen molar-refractivity contribution in [1.82, 2.24) is 0 Å². The third-order valence-electron chi connectivity index (χ3n) is 7.61. The first-order valence-corrected chi connectivity index (χ1v) is 13.2. The molecule has 0 aromatic heterocycles. The van der Waals surface area contributed by atoms with Crippen LogP contribution in [-0.4, -0.2) is 0 Å². The predicted molar refractivity (Wildman–Crippen MR) is 152 cm³/mol. The van der Waals surface area contributed by atoms with E-state index < -0.39 is 0 Å². The minimum absolute atomic E-state index is 0.0186. The molecule has 0 saturated heterocycles. The molecule has 2 aliphatic carbocycles. The van der Waals surface area contributed by atoms with Crippen LogP contribution in [0, 0.1) is 7.14 Å². The van der Waals surface area contributed by atoms with Crippen LogP contribution in [0.3, 0.4) is 0 Å². The van der Waals surface area contributed by atoms with Gasteiger partial charge in [-0.1, -0.05) is 64.1 Å². The molecule has 6 rings (SSSR count). The van der Waals surface area contributed by atoms with E-state index in [1.54, 1.807) is 0 Å². The summed E-state index contributed by atoms with van der Waals surface area (Å²) < 4.78 is 2.61. The zero-order chi connectivity index (χ0) is 22.4. The fourth-order valence-electron chi connectivity index (χ4n) is 5.78. The average Bonchev–Trinajstić information content (AvgIpc) is 3.12. The monoisotopic (exact) mass is 638 g/mol. The first-order chi connectivity index (χ1) is 15.2. The van der Waals surface area contributed by atoms with E-state index in [0.29, 0.717) is 0 Å². The van der Waals surface area contributed by atoms with E-state index in [1.165, 1.54) is 62.8 Å². The number of hydrogen-bond donors (Lipinski definition) is 0. The summed E-state index contributed by atoms with van der Waals surface area (Å²) in [5.74, 6) is 0. The summed E-state index contributed by atoms with van der Waals surface area (Å²) in [7, 11) is 0. The average molecular weight is 638 g/mol. The summed E-state index contributed by atoms with van der Waals surface area (Å²) in [6, 6.07) is 27.9. The summed E-state index contributed by atoms with van der Waals surface area (Å²) in [4.78, 5) is 0. The molecule has 4 aromatic carbocycles. The summed E-state index contributed by atoms with van der Waals surface area (Å²) in [5.41, 5.74) is 13.9. The van der Waals surface area contributed by atoms with Crippen molar-refractivity contribution < 1.29 is 0 Å². The normalized spacial score (nSPS) is 16.3. The fourth-order valence-corrected chi connectivity index (χ4v) is 6.76. The van der Waals surface area contributed by atoms with E-state index >= 15 is 0 Å². The summed E-state index contributed by atoms with van der Waals surface area (Å²) in [6.07, 6.45) is 0. The lowest BCUT2D eigenvalue weighted by atomic mass is 9.80. The zero-order valence-electron chi connectivity index (χ0n) is 18.7. The van der Waals surface area contributed by atoms with Gasteiger partial charge in [0.2, 0.25) is 0 Å². The minimum atomic E-state index is 0.0186. The van der Waals surface area contributed by atoms with Gasteiger partial charge < -0.3 is 0 Å². The molecule has 4 aromatic rings. The minimum Gasteiger partial charge on any atom is -0.0537 e. The highest BCUT2D eigenvalue weighted by Gasteiger charge is 2.37. The molecule has 2 heteroatoms. The zero-order valence-corrected chi connectivity index (χ0v) is 23.0. The van der Waals surface area contributed by atoms with Crippen LogP contribution in [0.2, 0.25) is 0 Å². The number of halogens is 2. The molecule has 0 bridgehead atoms. The lowest BCUT2D eigenvalue weighted by Crippen LogP contribution is -2.15. The molecule has 158 valence electrons. The van der Waals surface area contributed by atoms with E-state index in [0.717, 1.165) is 0 Å². The van der Waals surface area contributed by atoms with Gasteiger partial charge in [-0.05, 0) is 137 Å². The Hall–Kier alpha value is -1.66. The smallest absolute Gasteiger partial charge is 0.0159 e. The van der Waals surface area contributed by atoms with E-state index in [4.69, 9.17) is 0 Å². The third-order valence-corrected chi connectivity index (χ3v) is 8.95. The number of hydrogen-bond acceptors (Lipinski definition) is 0. The van der Waals surface area contributed by atoms with Gasteiger partial charge in [-0.2, -0.15) is 0 Å². The van der Waals surface area contributed by atoms with Gasteiger partial charge in [0.25, 0.3) is 0 Å². The predicted octanol–water partition coefficient (Wildman–Crippen LogP) is 9.18. The standard InChI is InChI=1S/C30H24I2/c1-29(2)25-13-17(5-9-21(25)23-11-7-19(31)15-27(23)29)18-6-10-22-24-12-8-20(32)16-28(24)30(3,4)26(22)14-18/h5-16H,1-4H3. The molecular formula is C30H24I2. The van der Waals surface area contributed by atoms with Crippen molar-refractivity contribution in [2.45, 2.75) is 38.5 Å². The second-order valence-electron chi connectivity index (χ2n) is 10.2. The quantitative estimate of drug-likeness (QED) is 0.183. The molecule has 0 aliphatic heterocycles. The number of fused-ring (bicyclic) bond motifs is 6. The molecule has 0 fully saturated rings. The molecule has 0 N–H and O–H groups in total. The molecular weight excluding hydrogens is 614 g/mol. The molecule has 0 atom stereocenters. The summed E-state index contributed by atoms with van der Waals surface area (Å²) in [6.45, 7) is 9.45. The molecule has 0 saturated carbocycles. The molecule has 0 amide bonds. The van der Waals surface area contributed by atoms with Crippen molar-refractivity contribution in [2.75, 3.05) is 0 Å². The highest BCUT2D eigenvalue weighted by atomic mass is 127. The summed E-state index contributed by atoms with van der Waals surface area (Å²) in [5, 5.41) is 0. The van der Waals surface area contributed by atoms with Crippen LogP contribution in [0.15, 0.2) is 72.8 Å². The first-order valence-electron chi connectivity index (χ1n) is 11.1. The maximum absolute atomic E-state index is 2.43. The number of benzene rings is 4. The first kappa shape index (κ1) is 20.9. The Morgan fingerprint density at radius 2 is 0.750 bits per heavy atom. The van der Waals surface area contributed by atoms with Crippen molar-refractivity contribution >= 4 is 45.2 Å². The van der Waals surface area contributed by atoms with Gasteiger partial charge in [0.1, 0.15) is 0 Å². The molecule has 0 nitrogen and oxygen atoms in total. The van der Waals surface area contributed by atoms with E-state index in [2.05, 4.69) is 146 Å². The maximum Gasteiger partial charge on any atom is 0.0159 e. The Kier molecular flexibility index (Phi) is 4.52. The topological polar surface area (TPSA) is 0 Å². The Balaban J connectivity index is 1.49. The molecule has 0 unspecified atom stereocenters. The molecule has 0 heterocycles. The van der Waals surface area contributed by atoms with Crippen molar-refractivity contribution in [3.05, 3.63) is 102 Å². The fraction of sp³-hybridized carbons (Fsp3) is 0.200. The van der Waals surface area contributed by atoms with E-state index in [-0.39, 0.29) is 10.8 Å². The summed E-state index contributed by atoms with van der Waals surface area (Å²) >= 11 is 4.85. The van der Waals surface area contributed by atoms with Gasteiger partial charge in [-0.25, -0.2) is 0 Å². The molecule has 32 heavy (non-hydrogen) atoms. The Morgan fingerprint density at radius 3 is 1.12 bits per heavy atom. The highest BCUT2D eigenvalue weighted by molar-refractivity contribution is 14.1. The largest absolute Gasteiger partial charge is 0.0537 e.